The summed E-state index contributed by atoms with van der Waals surface area (Å²) in [5.41, 5.74) is 8.25. The lowest BCUT2D eigenvalue weighted by molar-refractivity contribution is 0.188. The van der Waals surface area contributed by atoms with Crippen LogP contribution in [0.25, 0.3) is 5.52 Å². The molecule has 2 heterocycles. The summed E-state index contributed by atoms with van der Waals surface area (Å²) in [7, 11) is 0. The van der Waals surface area contributed by atoms with Crippen LogP contribution in [0.5, 0.6) is 0 Å². The third kappa shape index (κ3) is 1.29. The monoisotopic (exact) mass is 191 g/mol. The minimum Gasteiger partial charge on any atom is -0.387 e. The van der Waals surface area contributed by atoms with Gasteiger partial charge < -0.3 is 10.8 Å². The number of aryl methyl sites for hydroxylation is 1. The molecule has 3 N–H and O–H groups in total. The Kier molecular flexibility index (Phi) is 2.23. The van der Waals surface area contributed by atoms with Crippen molar-refractivity contribution in [3.8, 4) is 0 Å². The van der Waals surface area contributed by atoms with E-state index in [2.05, 4.69) is 5.10 Å². The van der Waals surface area contributed by atoms with Gasteiger partial charge in [0.05, 0.1) is 17.8 Å². The molecule has 0 aliphatic heterocycles. The quantitative estimate of drug-likeness (QED) is 0.732. The topological polar surface area (TPSA) is 63.5 Å². The summed E-state index contributed by atoms with van der Waals surface area (Å²) in [5, 5.41) is 13.8. The Labute approximate surface area is 82.0 Å². The fourth-order valence-corrected chi connectivity index (χ4v) is 1.62. The van der Waals surface area contributed by atoms with Crippen molar-refractivity contribution in [2.24, 2.45) is 5.73 Å². The first-order valence-electron chi connectivity index (χ1n) is 4.55. The van der Waals surface area contributed by atoms with Crippen molar-refractivity contribution in [2.45, 2.75) is 13.0 Å². The van der Waals surface area contributed by atoms with Gasteiger partial charge in [0.15, 0.2) is 0 Å². The SMILES string of the molecule is Cc1cccn2ncc(C(O)CN)c12. The number of aliphatic hydroxyl groups is 1. The van der Waals surface area contributed by atoms with Crippen LogP contribution in [0, 0.1) is 6.92 Å². The zero-order chi connectivity index (χ0) is 10.1. The molecule has 2 aromatic heterocycles. The summed E-state index contributed by atoms with van der Waals surface area (Å²) in [6.07, 6.45) is 2.89. The number of hydrogen-bond donors (Lipinski definition) is 2. The van der Waals surface area contributed by atoms with Gasteiger partial charge in [0.2, 0.25) is 0 Å². The van der Waals surface area contributed by atoms with E-state index < -0.39 is 6.10 Å². The molecule has 0 fully saturated rings. The van der Waals surface area contributed by atoms with Crippen molar-refractivity contribution in [2.75, 3.05) is 6.54 Å². The Balaban J connectivity index is 2.67. The van der Waals surface area contributed by atoms with Crippen molar-refractivity contribution >= 4 is 5.52 Å². The molecule has 0 bridgehead atoms. The predicted molar refractivity (Wildman–Crippen MR) is 53.9 cm³/mol. The van der Waals surface area contributed by atoms with Gasteiger partial charge in [0.25, 0.3) is 0 Å². The highest BCUT2D eigenvalue weighted by atomic mass is 16.3. The highest BCUT2D eigenvalue weighted by Crippen LogP contribution is 2.20. The van der Waals surface area contributed by atoms with Crippen LogP contribution in [0.4, 0.5) is 0 Å². The third-order valence-electron chi connectivity index (χ3n) is 2.35. The summed E-state index contributed by atoms with van der Waals surface area (Å²) in [4.78, 5) is 0. The molecule has 0 aliphatic rings. The molecular weight excluding hydrogens is 178 g/mol. The molecule has 2 aromatic rings. The van der Waals surface area contributed by atoms with E-state index in [9.17, 15) is 5.11 Å². The van der Waals surface area contributed by atoms with Crippen LogP contribution in [0.1, 0.15) is 17.2 Å². The van der Waals surface area contributed by atoms with E-state index in [1.54, 1.807) is 10.7 Å². The highest BCUT2D eigenvalue weighted by Gasteiger charge is 2.12. The molecule has 0 saturated carbocycles. The fourth-order valence-electron chi connectivity index (χ4n) is 1.62. The molecule has 4 nitrogen and oxygen atoms in total. The second-order valence-electron chi connectivity index (χ2n) is 3.34. The zero-order valence-corrected chi connectivity index (χ0v) is 8.01. The number of rotatable bonds is 2. The second-order valence-corrected chi connectivity index (χ2v) is 3.34. The maximum atomic E-state index is 9.66. The van der Waals surface area contributed by atoms with E-state index in [0.717, 1.165) is 16.6 Å². The van der Waals surface area contributed by atoms with Crippen LogP contribution in [-0.4, -0.2) is 21.3 Å². The molecule has 4 heteroatoms. The minimum absolute atomic E-state index is 0.218. The molecule has 1 atom stereocenters. The predicted octanol–water partition coefficient (Wildman–Crippen LogP) is 0.635. The lowest BCUT2D eigenvalue weighted by Gasteiger charge is -2.06. The molecule has 0 aliphatic carbocycles. The Morgan fingerprint density at radius 3 is 3.14 bits per heavy atom. The van der Waals surface area contributed by atoms with Crippen LogP contribution >= 0.6 is 0 Å². The highest BCUT2D eigenvalue weighted by molar-refractivity contribution is 5.60. The smallest absolute Gasteiger partial charge is 0.0948 e. The van der Waals surface area contributed by atoms with Crippen molar-refractivity contribution in [1.82, 2.24) is 9.61 Å². The number of fused-ring (bicyclic) bond motifs is 1. The van der Waals surface area contributed by atoms with Gasteiger partial charge >= 0.3 is 0 Å². The standard InChI is InChI=1S/C10H13N3O/c1-7-3-2-4-13-10(7)8(6-12-13)9(14)5-11/h2-4,6,9,14H,5,11H2,1H3. The van der Waals surface area contributed by atoms with E-state index in [1.807, 2.05) is 25.3 Å². The van der Waals surface area contributed by atoms with Crippen molar-refractivity contribution in [3.05, 3.63) is 35.7 Å². The average molecular weight is 191 g/mol. The maximum Gasteiger partial charge on any atom is 0.0948 e. The van der Waals surface area contributed by atoms with Gasteiger partial charge in [-0.25, -0.2) is 4.52 Å². The van der Waals surface area contributed by atoms with Crippen molar-refractivity contribution < 1.29 is 5.11 Å². The van der Waals surface area contributed by atoms with Crippen LogP contribution in [0.15, 0.2) is 24.5 Å². The number of aromatic nitrogens is 2. The van der Waals surface area contributed by atoms with E-state index in [-0.39, 0.29) is 6.54 Å². The molecular formula is C10H13N3O. The maximum absolute atomic E-state index is 9.66. The summed E-state index contributed by atoms with van der Waals surface area (Å²) in [5.74, 6) is 0. The van der Waals surface area contributed by atoms with Gasteiger partial charge in [-0.15, -0.1) is 0 Å². The summed E-state index contributed by atoms with van der Waals surface area (Å²) < 4.78 is 1.75. The number of nitrogens with zero attached hydrogens (tertiary/aromatic N) is 2. The van der Waals surface area contributed by atoms with Gasteiger partial charge in [0.1, 0.15) is 0 Å². The van der Waals surface area contributed by atoms with E-state index in [4.69, 9.17) is 5.73 Å². The van der Waals surface area contributed by atoms with Gasteiger partial charge in [-0.3, -0.25) is 0 Å². The van der Waals surface area contributed by atoms with E-state index in [0.29, 0.717) is 0 Å². The lowest BCUT2D eigenvalue weighted by Crippen LogP contribution is -2.11. The molecule has 0 spiro atoms. The molecule has 0 aromatic carbocycles. The summed E-state index contributed by atoms with van der Waals surface area (Å²) in [6.45, 7) is 2.21. The number of pyridine rings is 1. The molecule has 0 saturated heterocycles. The first-order chi connectivity index (χ1) is 6.74. The Morgan fingerprint density at radius 1 is 1.64 bits per heavy atom. The van der Waals surface area contributed by atoms with Crippen LogP contribution in [0.2, 0.25) is 0 Å². The first-order valence-corrected chi connectivity index (χ1v) is 4.55. The summed E-state index contributed by atoms with van der Waals surface area (Å²) in [6, 6.07) is 3.91. The Hall–Kier alpha value is -1.39. The molecule has 0 amide bonds. The van der Waals surface area contributed by atoms with Crippen molar-refractivity contribution in [1.29, 1.82) is 0 Å². The molecule has 0 radical (unpaired) electrons. The molecule has 2 rings (SSSR count). The van der Waals surface area contributed by atoms with Crippen molar-refractivity contribution in [3.63, 3.8) is 0 Å². The summed E-state index contributed by atoms with van der Waals surface area (Å²) >= 11 is 0. The van der Waals surface area contributed by atoms with Gasteiger partial charge in [-0.2, -0.15) is 5.10 Å². The number of hydrogen-bond acceptors (Lipinski definition) is 3. The first kappa shape index (κ1) is 9.18. The van der Waals surface area contributed by atoms with Crippen LogP contribution in [-0.2, 0) is 0 Å². The Bertz CT molecular complexity index is 450. The minimum atomic E-state index is -0.631. The molecule has 1 unspecified atom stereocenters. The normalized spacial score (nSPS) is 13.4. The molecule has 74 valence electrons. The number of nitrogens with two attached hydrogens (primary N) is 1. The van der Waals surface area contributed by atoms with Gasteiger partial charge in [-0.05, 0) is 18.6 Å². The molecule has 14 heavy (non-hydrogen) atoms. The Morgan fingerprint density at radius 2 is 2.43 bits per heavy atom. The average Bonchev–Trinajstić information content (AvgIpc) is 2.62. The largest absolute Gasteiger partial charge is 0.387 e. The fraction of sp³-hybridized carbons (Fsp3) is 0.300. The lowest BCUT2D eigenvalue weighted by atomic mass is 10.1. The van der Waals surface area contributed by atoms with E-state index in [1.165, 1.54) is 0 Å². The van der Waals surface area contributed by atoms with E-state index >= 15 is 0 Å². The van der Waals surface area contributed by atoms with Crippen LogP contribution < -0.4 is 5.73 Å². The van der Waals surface area contributed by atoms with Gasteiger partial charge in [0, 0.05) is 18.3 Å². The third-order valence-corrected chi connectivity index (χ3v) is 2.35. The number of aliphatic hydroxyl groups excluding tert-OH is 1. The van der Waals surface area contributed by atoms with Crippen LogP contribution in [0.3, 0.4) is 0 Å². The second kappa shape index (κ2) is 3.40. The van der Waals surface area contributed by atoms with Gasteiger partial charge in [-0.1, -0.05) is 6.07 Å². The zero-order valence-electron chi connectivity index (χ0n) is 8.01.